The summed E-state index contributed by atoms with van der Waals surface area (Å²) in [5.74, 6) is 2.05. The van der Waals surface area contributed by atoms with E-state index in [0.29, 0.717) is 16.8 Å². The summed E-state index contributed by atoms with van der Waals surface area (Å²) in [5, 5.41) is 18.7. The molecule has 1 aromatic carbocycles. The van der Waals surface area contributed by atoms with Crippen LogP contribution in [0.5, 0.6) is 0 Å². The number of nitrogens with one attached hydrogen (secondary N) is 1. The second-order valence-electron chi connectivity index (χ2n) is 6.94. The maximum atomic E-state index is 11.6. The third-order valence-corrected chi connectivity index (χ3v) is 5.29. The molecule has 1 aliphatic heterocycles. The molecule has 2 aromatic heterocycles. The van der Waals surface area contributed by atoms with Gasteiger partial charge in [0.15, 0.2) is 18.3 Å². The first-order chi connectivity index (χ1) is 14.5. The van der Waals surface area contributed by atoms with Crippen molar-refractivity contribution in [3.05, 3.63) is 53.8 Å². The molecule has 0 saturated heterocycles. The quantitative estimate of drug-likeness (QED) is 0.607. The number of pyridine rings is 1. The number of aldehydes is 1. The third kappa shape index (κ3) is 3.59. The average molecular weight is 425 g/mol. The normalized spacial score (nSPS) is 16.7. The molecule has 0 fully saturated rings. The van der Waals surface area contributed by atoms with E-state index in [0.717, 1.165) is 23.4 Å². The molecule has 0 amide bonds. The van der Waals surface area contributed by atoms with E-state index in [1.807, 2.05) is 54.8 Å². The van der Waals surface area contributed by atoms with Crippen molar-refractivity contribution >= 4 is 35.4 Å². The van der Waals surface area contributed by atoms with E-state index >= 15 is 0 Å². The molecule has 0 radical (unpaired) electrons. The highest BCUT2D eigenvalue weighted by Crippen LogP contribution is 2.25. The standard InChI is InChI=1S/C20H21ClN8O/c1-13(18-23-17(12-30)29(26-18)16-6-4-5-15(21)11-16)27(2)20-25-24-19(28(20)3)14-7-9-22-10-8-14/h4-13,17H,1-3H3,(H,23,26). The number of nitrogens with zero attached hydrogens (tertiary/aromatic N) is 7. The predicted molar refractivity (Wildman–Crippen MR) is 116 cm³/mol. The minimum Gasteiger partial charge on any atom is -0.343 e. The van der Waals surface area contributed by atoms with Crippen molar-refractivity contribution in [2.75, 3.05) is 17.0 Å². The fourth-order valence-electron chi connectivity index (χ4n) is 3.29. The summed E-state index contributed by atoms with van der Waals surface area (Å²) in [6.07, 6.45) is 3.64. The number of likely N-dealkylation sites (N-methyl/N-ethyl adjacent to an activating group) is 1. The van der Waals surface area contributed by atoms with Crippen molar-refractivity contribution in [2.45, 2.75) is 19.1 Å². The topological polar surface area (TPSA) is 91.5 Å². The molecule has 2 atom stereocenters. The fourth-order valence-corrected chi connectivity index (χ4v) is 3.47. The largest absolute Gasteiger partial charge is 0.343 e. The number of hydrazone groups is 1. The van der Waals surface area contributed by atoms with Gasteiger partial charge in [0.25, 0.3) is 0 Å². The minimum absolute atomic E-state index is 0.190. The number of carbonyl (C=O) groups is 1. The highest BCUT2D eigenvalue weighted by Gasteiger charge is 2.32. The Morgan fingerprint density at radius 1 is 1.23 bits per heavy atom. The van der Waals surface area contributed by atoms with Crippen LogP contribution < -0.4 is 15.2 Å². The number of benzene rings is 1. The lowest BCUT2D eigenvalue weighted by Gasteiger charge is -2.25. The average Bonchev–Trinajstić information content (AvgIpc) is 3.37. The summed E-state index contributed by atoms with van der Waals surface area (Å²) in [5.41, 5.74) is 1.66. The molecule has 1 aliphatic rings. The minimum atomic E-state index is -0.610. The van der Waals surface area contributed by atoms with Crippen LogP contribution in [0.3, 0.4) is 0 Å². The lowest BCUT2D eigenvalue weighted by Crippen LogP contribution is -2.46. The van der Waals surface area contributed by atoms with Crippen molar-refractivity contribution in [3.63, 3.8) is 0 Å². The van der Waals surface area contributed by atoms with Crippen LogP contribution in [0.2, 0.25) is 5.02 Å². The molecule has 0 aliphatic carbocycles. The summed E-state index contributed by atoms with van der Waals surface area (Å²) in [6, 6.07) is 10.8. The van der Waals surface area contributed by atoms with Gasteiger partial charge in [-0.3, -0.25) is 14.3 Å². The van der Waals surface area contributed by atoms with E-state index in [1.54, 1.807) is 29.5 Å². The van der Waals surface area contributed by atoms with Crippen molar-refractivity contribution in [1.29, 1.82) is 0 Å². The van der Waals surface area contributed by atoms with E-state index in [4.69, 9.17) is 11.6 Å². The van der Waals surface area contributed by atoms with Gasteiger partial charge >= 0.3 is 0 Å². The number of aromatic nitrogens is 4. The second-order valence-corrected chi connectivity index (χ2v) is 7.38. The fraction of sp³-hybridized carbons (Fsp3) is 0.250. The van der Waals surface area contributed by atoms with Crippen LogP contribution in [0.1, 0.15) is 6.92 Å². The molecule has 1 N–H and O–H groups in total. The van der Waals surface area contributed by atoms with Crippen LogP contribution in [-0.4, -0.2) is 51.1 Å². The first-order valence-corrected chi connectivity index (χ1v) is 9.75. The third-order valence-electron chi connectivity index (χ3n) is 5.06. The van der Waals surface area contributed by atoms with E-state index in [9.17, 15) is 4.79 Å². The summed E-state index contributed by atoms with van der Waals surface area (Å²) >= 11 is 6.10. The molecular weight excluding hydrogens is 404 g/mol. The maximum Gasteiger partial charge on any atom is 0.227 e. The van der Waals surface area contributed by atoms with Crippen LogP contribution in [0.4, 0.5) is 11.6 Å². The zero-order valence-corrected chi connectivity index (χ0v) is 17.5. The molecule has 9 nitrogen and oxygen atoms in total. The molecule has 4 rings (SSSR count). The monoisotopic (exact) mass is 424 g/mol. The van der Waals surface area contributed by atoms with E-state index in [2.05, 4.69) is 25.6 Å². The lowest BCUT2D eigenvalue weighted by atomic mass is 10.2. The summed E-state index contributed by atoms with van der Waals surface area (Å²) in [7, 11) is 3.82. The van der Waals surface area contributed by atoms with Crippen LogP contribution in [0.15, 0.2) is 53.9 Å². The molecule has 154 valence electrons. The van der Waals surface area contributed by atoms with Crippen LogP contribution in [0.25, 0.3) is 11.4 Å². The molecular formula is C20H21ClN8O. The number of amidine groups is 1. The maximum absolute atomic E-state index is 11.6. The molecule has 30 heavy (non-hydrogen) atoms. The summed E-state index contributed by atoms with van der Waals surface area (Å²) in [6.45, 7) is 1.98. The summed E-state index contributed by atoms with van der Waals surface area (Å²) < 4.78 is 1.91. The van der Waals surface area contributed by atoms with E-state index in [-0.39, 0.29) is 6.04 Å². The first kappa shape index (κ1) is 19.8. The Hall–Kier alpha value is -3.46. The van der Waals surface area contributed by atoms with Gasteiger partial charge in [-0.25, -0.2) is 5.01 Å². The lowest BCUT2D eigenvalue weighted by molar-refractivity contribution is -0.109. The van der Waals surface area contributed by atoms with E-state index < -0.39 is 6.17 Å². The molecule has 10 heteroatoms. The Morgan fingerprint density at radius 3 is 2.70 bits per heavy atom. The van der Waals surface area contributed by atoms with E-state index in [1.165, 1.54) is 0 Å². The SMILES string of the molecule is CC(C1=NN(c2cccc(Cl)c2)C(C=O)N1)N(C)c1nnc(-c2ccncc2)n1C. The smallest absolute Gasteiger partial charge is 0.227 e. The van der Waals surface area contributed by atoms with Crippen LogP contribution in [0, 0.1) is 0 Å². The van der Waals surface area contributed by atoms with Gasteiger partial charge in [-0.1, -0.05) is 17.7 Å². The van der Waals surface area contributed by atoms with Gasteiger partial charge in [0.1, 0.15) is 5.84 Å². The zero-order chi connectivity index (χ0) is 21.3. The number of halogens is 1. The van der Waals surface area contributed by atoms with Gasteiger partial charge in [0.2, 0.25) is 5.95 Å². The number of anilines is 2. The number of rotatable bonds is 6. The van der Waals surface area contributed by atoms with Gasteiger partial charge in [-0.05, 0) is 37.3 Å². The van der Waals surface area contributed by atoms with Crippen molar-refractivity contribution in [2.24, 2.45) is 12.1 Å². The Kier molecular flexibility index (Phi) is 5.37. The Balaban J connectivity index is 1.60. The second kappa shape index (κ2) is 8.11. The molecule has 0 spiro atoms. The highest BCUT2D eigenvalue weighted by atomic mass is 35.5. The molecule has 3 aromatic rings. The zero-order valence-electron chi connectivity index (χ0n) is 16.8. The highest BCUT2D eigenvalue weighted by molar-refractivity contribution is 6.30. The number of hydrogen-bond donors (Lipinski definition) is 1. The number of carbonyl (C=O) groups excluding carboxylic acids is 1. The van der Waals surface area contributed by atoms with Crippen molar-refractivity contribution in [1.82, 2.24) is 25.1 Å². The first-order valence-electron chi connectivity index (χ1n) is 9.37. The Labute approximate surface area is 179 Å². The van der Waals surface area contributed by atoms with Crippen molar-refractivity contribution in [3.8, 4) is 11.4 Å². The predicted octanol–water partition coefficient (Wildman–Crippen LogP) is 2.30. The molecule has 0 bridgehead atoms. The summed E-state index contributed by atoms with van der Waals surface area (Å²) in [4.78, 5) is 17.6. The Morgan fingerprint density at radius 2 is 2.00 bits per heavy atom. The van der Waals surface area contributed by atoms with Crippen LogP contribution >= 0.6 is 11.6 Å². The number of hydrogen-bond acceptors (Lipinski definition) is 8. The molecule has 0 saturated carbocycles. The van der Waals surface area contributed by atoms with Crippen molar-refractivity contribution < 1.29 is 4.79 Å². The van der Waals surface area contributed by atoms with Crippen LogP contribution in [-0.2, 0) is 11.8 Å². The van der Waals surface area contributed by atoms with Gasteiger partial charge in [-0.2, -0.15) is 5.10 Å². The van der Waals surface area contributed by atoms with Gasteiger partial charge in [-0.15, -0.1) is 10.2 Å². The van der Waals surface area contributed by atoms with Gasteiger partial charge in [0, 0.05) is 37.1 Å². The van der Waals surface area contributed by atoms with Gasteiger partial charge < -0.3 is 10.2 Å². The molecule has 3 heterocycles. The Bertz CT molecular complexity index is 1080. The molecule has 2 unspecified atom stereocenters. The van der Waals surface area contributed by atoms with Gasteiger partial charge in [0.05, 0.1) is 11.7 Å².